The molecule has 0 unspecified atom stereocenters. The molecule has 3 nitrogen and oxygen atoms in total. The highest BCUT2D eigenvalue weighted by Crippen LogP contribution is 2.49. The predicted octanol–water partition coefficient (Wildman–Crippen LogP) is 2.55. The zero-order chi connectivity index (χ0) is 13.1. The Balaban J connectivity index is 0.000000574. The molecule has 0 atom stereocenters. The van der Waals surface area contributed by atoms with Crippen molar-refractivity contribution in [2.75, 3.05) is 46.6 Å². The summed E-state index contributed by atoms with van der Waals surface area (Å²) in [4.78, 5) is 2.64. The number of ether oxygens (including phenoxy) is 2. The quantitative estimate of drug-likeness (QED) is 0.770. The van der Waals surface area contributed by atoms with E-state index in [2.05, 4.69) is 4.90 Å². The third kappa shape index (κ3) is 3.06. The van der Waals surface area contributed by atoms with Crippen molar-refractivity contribution in [3.63, 3.8) is 0 Å². The van der Waals surface area contributed by atoms with Crippen molar-refractivity contribution in [3.05, 3.63) is 0 Å². The Labute approximate surface area is 112 Å². The third-order valence-electron chi connectivity index (χ3n) is 4.64. The molecule has 3 heteroatoms. The minimum Gasteiger partial charge on any atom is -0.384 e. The van der Waals surface area contributed by atoms with Gasteiger partial charge in [0.15, 0.2) is 0 Å². The zero-order valence-corrected chi connectivity index (χ0v) is 12.3. The molecule has 0 aromatic carbocycles. The van der Waals surface area contributed by atoms with Crippen LogP contribution in [0.25, 0.3) is 0 Å². The van der Waals surface area contributed by atoms with E-state index in [9.17, 15) is 0 Å². The molecule has 0 amide bonds. The largest absolute Gasteiger partial charge is 0.384 e. The number of rotatable bonds is 4. The Morgan fingerprint density at radius 2 is 1.67 bits per heavy atom. The van der Waals surface area contributed by atoms with E-state index >= 15 is 0 Å². The topological polar surface area (TPSA) is 21.7 Å². The molecule has 1 aliphatic carbocycles. The highest BCUT2D eigenvalue weighted by Gasteiger charge is 2.50. The van der Waals surface area contributed by atoms with Gasteiger partial charge in [-0.2, -0.15) is 0 Å². The van der Waals surface area contributed by atoms with Crippen LogP contribution in [0.2, 0.25) is 0 Å². The maximum absolute atomic E-state index is 5.45. The second-order valence-electron chi connectivity index (χ2n) is 6.19. The molecule has 106 valence electrons. The van der Waals surface area contributed by atoms with Gasteiger partial charge in [0, 0.05) is 50.8 Å². The van der Waals surface area contributed by atoms with Crippen LogP contribution in [0.3, 0.4) is 0 Å². The number of hydrogen-bond acceptors (Lipinski definition) is 3. The molecule has 0 N–H and O–H groups in total. The van der Waals surface area contributed by atoms with Crippen LogP contribution in [0.5, 0.6) is 0 Å². The van der Waals surface area contributed by atoms with Crippen molar-refractivity contribution in [1.82, 2.24) is 4.90 Å². The van der Waals surface area contributed by atoms with Crippen molar-refractivity contribution in [2.45, 2.75) is 39.5 Å². The molecular weight excluding hydrogens is 226 g/mol. The van der Waals surface area contributed by atoms with Crippen molar-refractivity contribution in [2.24, 2.45) is 10.8 Å². The lowest BCUT2D eigenvalue weighted by Gasteiger charge is -2.53. The van der Waals surface area contributed by atoms with Gasteiger partial charge >= 0.3 is 0 Å². The van der Waals surface area contributed by atoms with Gasteiger partial charge in [0.05, 0.1) is 6.61 Å². The highest BCUT2D eigenvalue weighted by atomic mass is 16.5. The summed E-state index contributed by atoms with van der Waals surface area (Å²) in [6.45, 7) is 10.8. The Morgan fingerprint density at radius 3 is 2.17 bits per heavy atom. The lowest BCUT2D eigenvalue weighted by Crippen LogP contribution is -2.59. The maximum Gasteiger partial charge on any atom is 0.0530 e. The van der Waals surface area contributed by atoms with Crippen molar-refractivity contribution >= 4 is 0 Å². The molecule has 0 bridgehead atoms. The van der Waals surface area contributed by atoms with E-state index in [-0.39, 0.29) is 0 Å². The summed E-state index contributed by atoms with van der Waals surface area (Å²) in [5, 5.41) is 0. The fraction of sp³-hybridized carbons (Fsp3) is 1.00. The van der Waals surface area contributed by atoms with Gasteiger partial charge in [-0.1, -0.05) is 13.8 Å². The average Bonchev–Trinajstić information content (AvgIpc) is 3.11. The number of nitrogens with zero attached hydrogens (tertiary/aromatic N) is 1. The lowest BCUT2D eigenvalue weighted by atomic mass is 9.73. The maximum atomic E-state index is 5.45. The fourth-order valence-corrected chi connectivity index (χ4v) is 3.44. The van der Waals surface area contributed by atoms with Crippen LogP contribution in [-0.2, 0) is 9.47 Å². The van der Waals surface area contributed by atoms with E-state index in [0.717, 1.165) is 19.8 Å². The normalized spacial score (nSPS) is 28.2. The van der Waals surface area contributed by atoms with Crippen LogP contribution >= 0.6 is 0 Å². The molecule has 2 aliphatic heterocycles. The Morgan fingerprint density at radius 1 is 1.06 bits per heavy atom. The second-order valence-corrected chi connectivity index (χ2v) is 6.19. The van der Waals surface area contributed by atoms with Crippen molar-refractivity contribution < 1.29 is 9.47 Å². The summed E-state index contributed by atoms with van der Waals surface area (Å²) in [6, 6.07) is 0. The predicted molar refractivity (Wildman–Crippen MR) is 73.8 cm³/mol. The zero-order valence-electron chi connectivity index (χ0n) is 12.3. The molecule has 3 aliphatic rings. The smallest absolute Gasteiger partial charge is 0.0530 e. The molecule has 3 fully saturated rings. The molecule has 1 spiro atoms. The summed E-state index contributed by atoms with van der Waals surface area (Å²) in [6.07, 6.45) is 5.29. The Hall–Kier alpha value is -0.120. The van der Waals surface area contributed by atoms with Crippen molar-refractivity contribution in [1.29, 1.82) is 0 Å². The van der Waals surface area contributed by atoms with Crippen LogP contribution in [0.4, 0.5) is 0 Å². The molecule has 0 aromatic rings. The first-order valence-electron chi connectivity index (χ1n) is 7.55. The summed E-state index contributed by atoms with van der Waals surface area (Å²) in [7, 11) is 1.83. The van der Waals surface area contributed by atoms with Gasteiger partial charge in [0.25, 0.3) is 0 Å². The summed E-state index contributed by atoms with van der Waals surface area (Å²) in [5.41, 5.74) is 1.16. The van der Waals surface area contributed by atoms with Gasteiger partial charge in [-0.3, -0.25) is 0 Å². The molecule has 3 rings (SSSR count). The van der Waals surface area contributed by atoms with E-state index in [1.165, 1.54) is 45.3 Å². The third-order valence-corrected chi connectivity index (χ3v) is 4.64. The lowest BCUT2D eigenvalue weighted by molar-refractivity contribution is -0.0896. The van der Waals surface area contributed by atoms with Gasteiger partial charge in [-0.25, -0.2) is 0 Å². The van der Waals surface area contributed by atoms with E-state index in [1.807, 2.05) is 21.0 Å². The van der Waals surface area contributed by atoms with Crippen LogP contribution in [-0.4, -0.2) is 51.5 Å². The van der Waals surface area contributed by atoms with Crippen molar-refractivity contribution in [3.8, 4) is 0 Å². The molecule has 0 aromatic heterocycles. The Kier molecular flexibility index (Phi) is 4.68. The number of hydrogen-bond donors (Lipinski definition) is 0. The standard InChI is InChI=1S/C13H23NO2.C2H6/c1-15-11-13(2-3-13)10-14-8-12(9-14)4-6-16-7-5-12;1-2/h2-11H2,1H3;1-2H3. The van der Waals surface area contributed by atoms with Crippen LogP contribution in [0.1, 0.15) is 39.5 Å². The summed E-state index contributed by atoms with van der Waals surface area (Å²) < 4.78 is 10.8. The number of methoxy groups -OCH3 is 1. The molecule has 1 saturated carbocycles. The molecule has 2 saturated heterocycles. The molecule has 18 heavy (non-hydrogen) atoms. The number of likely N-dealkylation sites (tertiary alicyclic amines) is 1. The monoisotopic (exact) mass is 255 g/mol. The van der Waals surface area contributed by atoms with Gasteiger partial charge in [0.1, 0.15) is 0 Å². The summed E-state index contributed by atoms with van der Waals surface area (Å²) in [5.74, 6) is 0. The minimum absolute atomic E-state index is 0.529. The fourth-order valence-electron chi connectivity index (χ4n) is 3.44. The van der Waals surface area contributed by atoms with E-state index in [4.69, 9.17) is 9.47 Å². The first kappa shape index (κ1) is 14.3. The van der Waals surface area contributed by atoms with Gasteiger partial charge < -0.3 is 14.4 Å². The second kappa shape index (κ2) is 5.89. The Bertz CT molecular complexity index is 249. The molecule has 0 radical (unpaired) electrons. The van der Waals surface area contributed by atoms with E-state index in [0.29, 0.717) is 10.8 Å². The van der Waals surface area contributed by atoms with Gasteiger partial charge in [-0.05, 0) is 25.7 Å². The van der Waals surface area contributed by atoms with Gasteiger partial charge in [0.2, 0.25) is 0 Å². The first-order valence-corrected chi connectivity index (χ1v) is 7.55. The highest BCUT2D eigenvalue weighted by molar-refractivity contribution is 5.02. The van der Waals surface area contributed by atoms with Crippen LogP contribution in [0, 0.1) is 10.8 Å². The summed E-state index contributed by atoms with van der Waals surface area (Å²) >= 11 is 0. The minimum atomic E-state index is 0.529. The van der Waals surface area contributed by atoms with Gasteiger partial charge in [-0.15, -0.1) is 0 Å². The van der Waals surface area contributed by atoms with Crippen LogP contribution in [0.15, 0.2) is 0 Å². The van der Waals surface area contributed by atoms with E-state index < -0.39 is 0 Å². The molecular formula is C15H29NO2. The van der Waals surface area contributed by atoms with Crippen LogP contribution < -0.4 is 0 Å². The SMILES string of the molecule is CC.COCC1(CN2CC3(CCOCC3)C2)CC1. The molecule has 2 heterocycles. The average molecular weight is 255 g/mol. The first-order chi connectivity index (χ1) is 8.76. The van der Waals surface area contributed by atoms with E-state index in [1.54, 1.807) is 0 Å².